The number of ether oxygens (including phenoxy) is 1. The van der Waals surface area contributed by atoms with E-state index in [4.69, 9.17) is 5.73 Å². The van der Waals surface area contributed by atoms with Crippen molar-refractivity contribution in [2.75, 3.05) is 13.2 Å². The van der Waals surface area contributed by atoms with Gasteiger partial charge in [0, 0.05) is 12.6 Å². The molecule has 0 spiro atoms. The van der Waals surface area contributed by atoms with Crippen molar-refractivity contribution in [1.82, 2.24) is 0 Å². The molecule has 1 rings (SSSR count). The van der Waals surface area contributed by atoms with E-state index >= 15 is 0 Å². The van der Waals surface area contributed by atoms with Crippen LogP contribution in [0, 0.1) is 5.92 Å². The zero-order chi connectivity index (χ0) is 12.7. The molecule has 0 aromatic heterocycles. The first-order valence-corrected chi connectivity index (χ1v) is 6.39. The van der Waals surface area contributed by atoms with Gasteiger partial charge < -0.3 is 10.5 Å². The van der Waals surface area contributed by atoms with Crippen molar-refractivity contribution in [1.29, 1.82) is 0 Å². The van der Waals surface area contributed by atoms with Crippen molar-refractivity contribution in [3.8, 4) is 0 Å². The first-order chi connectivity index (χ1) is 7.99. The predicted molar refractivity (Wildman–Crippen MR) is 60.7 cm³/mol. The molecular formula is C12H22F3NO. The smallest absolute Gasteiger partial charge is 0.372 e. The number of hydrogen-bond donors (Lipinski definition) is 1. The van der Waals surface area contributed by atoms with Crippen molar-refractivity contribution < 1.29 is 17.9 Å². The summed E-state index contributed by atoms with van der Waals surface area (Å²) in [5, 5.41) is 0. The highest BCUT2D eigenvalue weighted by Crippen LogP contribution is 2.25. The Hall–Kier alpha value is -0.290. The van der Waals surface area contributed by atoms with Gasteiger partial charge in [-0.25, -0.2) is 0 Å². The Morgan fingerprint density at radius 2 is 1.82 bits per heavy atom. The lowest BCUT2D eigenvalue weighted by Gasteiger charge is -2.21. The molecule has 2 atom stereocenters. The summed E-state index contributed by atoms with van der Waals surface area (Å²) in [6.07, 6.45) is 3.12. The van der Waals surface area contributed by atoms with Crippen molar-refractivity contribution in [3.05, 3.63) is 0 Å². The first kappa shape index (κ1) is 14.8. The fourth-order valence-corrected chi connectivity index (χ4v) is 2.41. The monoisotopic (exact) mass is 253 g/mol. The van der Waals surface area contributed by atoms with Gasteiger partial charge in [-0.05, 0) is 31.6 Å². The minimum atomic E-state index is -4.21. The molecule has 1 fully saturated rings. The van der Waals surface area contributed by atoms with E-state index in [0.717, 1.165) is 19.3 Å². The molecule has 0 saturated heterocycles. The Morgan fingerprint density at radius 1 is 1.12 bits per heavy atom. The molecule has 1 aliphatic rings. The van der Waals surface area contributed by atoms with Gasteiger partial charge in [-0.3, -0.25) is 0 Å². The van der Waals surface area contributed by atoms with Gasteiger partial charge in [-0.2, -0.15) is 13.2 Å². The maximum absolute atomic E-state index is 11.8. The van der Waals surface area contributed by atoms with E-state index in [9.17, 15) is 13.2 Å². The molecule has 1 saturated carbocycles. The van der Waals surface area contributed by atoms with E-state index in [-0.39, 0.29) is 12.6 Å². The fraction of sp³-hybridized carbons (Fsp3) is 1.00. The van der Waals surface area contributed by atoms with E-state index in [2.05, 4.69) is 4.74 Å². The van der Waals surface area contributed by atoms with Gasteiger partial charge in [0.15, 0.2) is 0 Å². The van der Waals surface area contributed by atoms with Crippen LogP contribution in [-0.4, -0.2) is 25.4 Å². The van der Waals surface area contributed by atoms with E-state index in [0.29, 0.717) is 12.3 Å². The van der Waals surface area contributed by atoms with E-state index in [1.54, 1.807) is 0 Å². The summed E-state index contributed by atoms with van der Waals surface area (Å²) in [6, 6.07) is 0.222. The van der Waals surface area contributed by atoms with E-state index < -0.39 is 12.8 Å². The third-order valence-electron chi connectivity index (χ3n) is 3.35. The second-order valence-electron chi connectivity index (χ2n) is 4.87. The summed E-state index contributed by atoms with van der Waals surface area (Å²) in [7, 11) is 0. The second kappa shape index (κ2) is 7.21. The van der Waals surface area contributed by atoms with Crippen LogP contribution in [0.4, 0.5) is 13.2 Å². The van der Waals surface area contributed by atoms with E-state index in [1.807, 2.05) is 0 Å². The van der Waals surface area contributed by atoms with Crippen LogP contribution in [0.1, 0.15) is 44.9 Å². The molecule has 17 heavy (non-hydrogen) atoms. The van der Waals surface area contributed by atoms with Crippen molar-refractivity contribution in [2.24, 2.45) is 11.7 Å². The highest BCUT2D eigenvalue weighted by molar-refractivity contribution is 4.76. The molecule has 0 heterocycles. The Kier molecular flexibility index (Phi) is 6.27. The molecule has 102 valence electrons. The molecule has 0 aromatic rings. The van der Waals surface area contributed by atoms with Crippen molar-refractivity contribution >= 4 is 0 Å². The quantitative estimate of drug-likeness (QED) is 0.603. The standard InChI is InChI=1S/C12H22F3NO/c13-12(14,15)9-17-8-4-6-10-5-2-1-3-7-11(10)16/h10-11H,1-9,16H2. The zero-order valence-electron chi connectivity index (χ0n) is 10.1. The third kappa shape index (κ3) is 6.88. The van der Waals surface area contributed by atoms with Crippen LogP contribution in [-0.2, 0) is 4.74 Å². The molecule has 0 radical (unpaired) electrons. The average Bonchev–Trinajstić information content (AvgIpc) is 2.42. The Morgan fingerprint density at radius 3 is 2.53 bits per heavy atom. The van der Waals surface area contributed by atoms with Gasteiger partial charge >= 0.3 is 6.18 Å². The molecular weight excluding hydrogens is 231 g/mol. The van der Waals surface area contributed by atoms with Crippen molar-refractivity contribution in [3.63, 3.8) is 0 Å². The average molecular weight is 253 g/mol. The lowest BCUT2D eigenvalue weighted by Crippen LogP contribution is -2.29. The Balaban J connectivity index is 2.08. The van der Waals surface area contributed by atoms with Gasteiger partial charge in [-0.1, -0.05) is 19.3 Å². The molecule has 2 unspecified atom stereocenters. The number of rotatable bonds is 5. The second-order valence-corrected chi connectivity index (χ2v) is 4.87. The molecule has 0 bridgehead atoms. The van der Waals surface area contributed by atoms with Crippen LogP contribution in [0.2, 0.25) is 0 Å². The van der Waals surface area contributed by atoms with Crippen molar-refractivity contribution in [2.45, 2.75) is 57.2 Å². The number of halogens is 3. The zero-order valence-corrected chi connectivity index (χ0v) is 10.1. The van der Waals surface area contributed by atoms with Crippen LogP contribution >= 0.6 is 0 Å². The van der Waals surface area contributed by atoms with Gasteiger partial charge in [0.2, 0.25) is 0 Å². The van der Waals surface area contributed by atoms with Gasteiger partial charge in [0.1, 0.15) is 6.61 Å². The van der Waals surface area contributed by atoms with E-state index in [1.165, 1.54) is 19.3 Å². The summed E-state index contributed by atoms with van der Waals surface area (Å²) in [5.41, 5.74) is 6.04. The highest BCUT2D eigenvalue weighted by atomic mass is 19.4. The minimum Gasteiger partial charge on any atom is -0.372 e. The molecule has 1 aliphatic carbocycles. The van der Waals surface area contributed by atoms with Crippen LogP contribution in [0.15, 0.2) is 0 Å². The molecule has 2 N–H and O–H groups in total. The number of nitrogens with two attached hydrogens (primary N) is 1. The normalized spacial score (nSPS) is 26.8. The Labute approximate surface area is 101 Å². The highest BCUT2D eigenvalue weighted by Gasteiger charge is 2.27. The maximum atomic E-state index is 11.8. The van der Waals surface area contributed by atoms with Gasteiger partial charge in [-0.15, -0.1) is 0 Å². The largest absolute Gasteiger partial charge is 0.411 e. The molecule has 0 amide bonds. The van der Waals surface area contributed by atoms with Crippen LogP contribution < -0.4 is 5.73 Å². The SMILES string of the molecule is NC1CCCCCC1CCCOCC(F)(F)F. The fourth-order valence-electron chi connectivity index (χ4n) is 2.41. The first-order valence-electron chi connectivity index (χ1n) is 6.39. The summed E-state index contributed by atoms with van der Waals surface area (Å²) in [6.45, 7) is -0.952. The molecule has 0 aromatic carbocycles. The summed E-state index contributed by atoms with van der Waals surface area (Å²) in [5.74, 6) is 0.465. The van der Waals surface area contributed by atoms with Crippen LogP contribution in [0.25, 0.3) is 0 Å². The maximum Gasteiger partial charge on any atom is 0.411 e. The number of alkyl halides is 3. The molecule has 5 heteroatoms. The minimum absolute atomic E-state index is 0.183. The summed E-state index contributed by atoms with van der Waals surface area (Å²) < 4.78 is 40.0. The topological polar surface area (TPSA) is 35.2 Å². The van der Waals surface area contributed by atoms with Gasteiger partial charge in [0.05, 0.1) is 0 Å². The summed E-state index contributed by atoms with van der Waals surface area (Å²) >= 11 is 0. The number of hydrogen-bond acceptors (Lipinski definition) is 2. The van der Waals surface area contributed by atoms with Crippen LogP contribution in [0.3, 0.4) is 0 Å². The molecule has 0 aliphatic heterocycles. The summed E-state index contributed by atoms with van der Waals surface area (Å²) in [4.78, 5) is 0. The lowest BCUT2D eigenvalue weighted by atomic mass is 9.91. The third-order valence-corrected chi connectivity index (χ3v) is 3.35. The lowest BCUT2D eigenvalue weighted by molar-refractivity contribution is -0.174. The van der Waals surface area contributed by atoms with Crippen LogP contribution in [0.5, 0.6) is 0 Å². The van der Waals surface area contributed by atoms with Gasteiger partial charge in [0.25, 0.3) is 0 Å². The Bertz CT molecular complexity index is 208. The predicted octanol–water partition coefficient (Wildman–Crippen LogP) is 3.25. The molecule has 2 nitrogen and oxygen atoms in total.